The molecule has 0 saturated carbocycles. The summed E-state index contributed by atoms with van der Waals surface area (Å²) in [5.74, 6) is -1.53. The predicted octanol–water partition coefficient (Wildman–Crippen LogP) is 3.48. The first-order valence-electron chi connectivity index (χ1n) is 11.0. The van der Waals surface area contributed by atoms with Crippen molar-refractivity contribution in [2.24, 2.45) is 11.8 Å². The highest BCUT2D eigenvalue weighted by atomic mass is 16.5. The van der Waals surface area contributed by atoms with E-state index >= 15 is 0 Å². The quantitative estimate of drug-likeness (QED) is 0.693. The van der Waals surface area contributed by atoms with Crippen molar-refractivity contribution >= 4 is 18.0 Å². The number of carbonyl (C=O) groups excluding carboxylic acids is 2. The van der Waals surface area contributed by atoms with Gasteiger partial charge in [0, 0.05) is 31.5 Å². The monoisotopic (exact) mass is 436 g/mol. The SMILES string of the molecule is CC(C)C(CC(=O)N1CC(C(=O)O)C1)NC(=O)OCC1c2ccccc2-c2ccccc21. The molecule has 2 aliphatic rings. The van der Waals surface area contributed by atoms with Gasteiger partial charge in [-0.3, -0.25) is 9.59 Å². The summed E-state index contributed by atoms with van der Waals surface area (Å²) in [5.41, 5.74) is 4.61. The lowest BCUT2D eigenvalue weighted by Crippen LogP contribution is -2.54. The van der Waals surface area contributed by atoms with E-state index in [1.165, 1.54) is 4.90 Å². The molecule has 2 N–H and O–H groups in total. The van der Waals surface area contributed by atoms with Crippen LogP contribution in [0.25, 0.3) is 11.1 Å². The summed E-state index contributed by atoms with van der Waals surface area (Å²) >= 11 is 0. The number of likely N-dealkylation sites (tertiary alicyclic amines) is 1. The molecular weight excluding hydrogens is 408 g/mol. The Labute approximate surface area is 187 Å². The van der Waals surface area contributed by atoms with Crippen molar-refractivity contribution in [1.82, 2.24) is 10.2 Å². The Bertz CT molecular complexity index is 983. The van der Waals surface area contributed by atoms with Gasteiger partial charge in [-0.1, -0.05) is 62.4 Å². The molecule has 2 aromatic carbocycles. The number of carbonyl (C=O) groups is 3. The van der Waals surface area contributed by atoms with Crippen LogP contribution in [0.4, 0.5) is 4.79 Å². The zero-order valence-corrected chi connectivity index (χ0v) is 18.3. The number of ether oxygens (including phenoxy) is 1. The number of nitrogens with one attached hydrogen (secondary N) is 1. The van der Waals surface area contributed by atoms with Crippen LogP contribution in [0, 0.1) is 11.8 Å². The van der Waals surface area contributed by atoms with Crippen molar-refractivity contribution in [3.8, 4) is 11.1 Å². The normalized spacial score (nSPS) is 16.2. The van der Waals surface area contributed by atoms with Crippen molar-refractivity contribution in [1.29, 1.82) is 0 Å². The second-order valence-electron chi connectivity index (χ2n) is 8.86. The van der Waals surface area contributed by atoms with Crippen LogP contribution in [0.3, 0.4) is 0 Å². The maximum absolute atomic E-state index is 12.6. The Hall–Kier alpha value is -3.35. The van der Waals surface area contributed by atoms with E-state index in [2.05, 4.69) is 29.6 Å². The molecule has 2 amide bonds. The van der Waals surface area contributed by atoms with Gasteiger partial charge < -0.3 is 20.1 Å². The van der Waals surface area contributed by atoms with E-state index in [0.29, 0.717) is 0 Å². The van der Waals surface area contributed by atoms with Gasteiger partial charge in [-0.25, -0.2) is 4.79 Å². The molecule has 1 fully saturated rings. The number of alkyl carbamates (subject to hydrolysis) is 1. The van der Waals surface area contributed by atoms with Crippen molar-refractivity contribution in [3.05, 3.63) is 59.7 Å². The van der Waals surface area contributed by atoms with Crippen LogP contribution < -0.4 is 5.32 Å². The van der Waals surface area contributed by atoms with E-state index in [9.17, 15) is 14.4 Å². The molecule has 0 bridgehead atoms. The summed E-state index contributed by atoms with van der Waals surface area (Å²) in [7, 11) is 0. The number of amides is 2. The number of fused-ring (bicyclic) bond motifs is 3. The van der Waals surface area contributed by atoms with Crippen molar-refractivity contribution in [2.75, 3.05) is 19.7 Å². The Balaban J connectivity index is 1.35. The molecule has 1 saturated heterocycles. The van der Waals surface area contributed by atoms with E-state index in [-0.39, 0.29) is 49.9 Å². The lowest BCUT2D eigenvalue weighted by Gasteiger charge is -2.37. The van der Waals surface area contributed by atoms with Crippen LogP contribution in [-0.4, -0.2) is 53.7 Å². The summed E-state index contributed by atoms with van der Waals surface area (Å²) in [5, 5.41) is 11.8. The van der Waals surface area contributed by atoms with Gasteiger partial charge in [-0.05, 0) is 28.2 Å². The van der Waals surface area contributed by atoms with Gasteiger partial charge >= 0.3 is 12.1 Å². The number of nitrogens with zero attached hydrogens (tertiary/aromatic N) is 1. The Morgan fingerprint density at radius 2 is 1.59 bits per heavy atom. The highest BCUT2D eigenvalue weighted by Crippen LogP contribution is 2.44. The van der Waals surface area contributed by atoms with E-state index in [0.717, 1.165) is 22.3 Å². The first-order chi connectivity index (χ1) is 15.3. The lowest BCUT2D eigenvalue weighted by atomic mass is 9.96. The average Bonchev–Trinajstić information content (AvgIpc) is 3.04. The third-order valence-corrected chi connectivity index (χ3v) is 6.43. The maximum Gasteiger partial charge on any atom is 0.407 e. The smallest absolute Gasteiger partial charge is 0.407 e. The van der Waals surface area contributed by atoms with Gasteiger partial charge in [-0.2, -0.15) is 0 Å². The predicted molar refractivity (Wildman–Crippen MR) is 119 cm³/mol. The van der Waals surface area contributed by atoms with Crippen molar-refractivity contribution < 1.29 is 24.2 Å². The first-order valence-corrected chi connectivity index (χ1v) is 11.0. The van der Waals surface area contributed by atoms with Gasteiger partial charge in [0.1, 0.15) is 6.61 Å². The Kier molecular flexibility index (Phi) is 6.17. The lowest BCUT2D eigenvalue weighted by molar-refractivity contribution is -0.153. The second kappa shape index (κ2) is 9.02. The molecular formula is C25H28N2O5. The maximum atomic E-state index is 12.6. The molecule has 0 aromatic heterocycles. The summed E-state index contributed by atoms with van der Waals surface area (Å²) in [6, 6.07) is 15.9. The molecule has 2 aromatic rings. The fraction of sp³-hybridized carbons (Fsp3) is 0.400. The molecule has 1 aliphatic carbocycles. The minimum atomic E-state index is -0.883. The zero-order chi connectivity index (χ0) is 22.8. The van der Waals surface area contributed by atoms with Crippen LogP contribution in [0.15, 0.2) is 48.5 Å². The third-order valence-electron chi connectivity index (χ3n) is 6.43. The van der Waals surface area contributed by atoms with Crippen LogP contribution in [0.2, 0.25) is 0 Å². The number of carboxylic acids is 1. The molecule has 7 heteroatoms. The molecule has 1 aliphatic heterocycles. The molecule has 0 spiro atoms. The van der Waals surface area contributed by atoms with E-state index < -0.39 is 18.0 Å². The van der Waals surface area contributed by atoms with Crippen LogP contribution in [-0.2, 0) is 14.3 Å². The molecule has 168 valence electrons. The summed E-state index contributed by atoms with van der Waals surface area (Å²) in [6.07, 6.45) is -0.431. The molecule has 0 radical (unpaired) electrons. The second-order valence-corrected chi connectivity index (χ2v) is 8.86. The molecule has 32 heavy (non-hydrogen) atoms. The highest BCUT2D eigenvalue weighted by Gasteiger charge is 2.37. The van der Waals surface area contributed by atoms with Crippen molar-refractivity contribution in [3.63, 3.8) is 0 Å². The summed E-state index contributed by atoms with van der Waals surface area (Å²) in [6.45, 7) is 4.52. The summed E-state index contributed by atoms with van der Waals surface area (Å²) in [4.78, 5) is 37.5. The Morgan fingerprint density at radius 1 is 1.03 bits per heavy atom. The Morgan fingerprint density at radius 3 is 2.12 bits per heavy atom. The zero-order valence-electron chi connectivity index (χ0n) is 18.3. The van der Waals surface area contributed by atoms with Crippen LogP contribution in [0.5, 0.6) is 0 Å². The minimum Gasteiger partial charge on any atom is -0.481 e. The first kappa shape index (κ1) is 21.9. The van der Waals surface area contributed by atoms with Crippen LogP contribution in [0.1, 0.15) is 37.3 Å². The third kappa shape index (κ3) is 4.33. The molecule has 7 nitrogen and oxygen atoms in total. The van der Waals surface area contributed by atoms with Crippen molar-refractivity contribution in [2.45, 2.75) is 32.2 Å². The van der Waals surface area contributed by atoms with Gasteiger partial charge in [0.25, 0.3) is 0 Å². The van der Waals surface area contributed by atoms with E-state index in [1.54, 1.807) is 0 Å². The highest BCUT2D eigenvalue weighted by molar-refractivity contribution is 5.82. The van der Waals surface area contributed by atoms with Gasteiger partial charge in [-0.15, -0.1) is 0 Å². The number of hydrogen-bond donors (Lipinski definition) is 2. The number of carboxylic acid groups (broad SMARTS) is 1. The number of aliphatic carboxylic acids is 1. The van der Waals surface area contributed by atoms with Gasteiger partial charge in [0.15, 0.2) is 0 Å². The van der Waals surface area contributed by atoms with Gasteiger partial charge in [0.2, 0.25) is 5.91 Å². The number of hydrogen-bond acceptors (Lipinski definition) is 4. The summed E-state index contributed by atoms with van der Waals surface area (Å²) < 4.78 is 5.60. The fourth-order valence-corrected chi connectivity index (χ4v) is 4.40. The van der Waals surface area contributed by atoms with E-state index in [1.807, 2.05) is 38.1 Å². The standard InChI is InChI=1S/C25H28N2O5/c1-15(2)22(11-23(28)27-12-16(13-27)24(29)30)26-25(31)32-14-21-19-9-5-3-7-17(19)18-8-4-6-10-20(18)21/h3-10,15-16,21-22H,11-14H2,1-2H3,(H,26,31)(H,29,30). The van der Waals surface area contributed by atoms with Gasteiger partial charge in [0.05, 0.1) is 5.92 Å². The molecule has 1 atom stereocenters. The number of rotatable bonds is 7. The molecule has 1 unspecified atom stereocenters. The topological polar surface area (TPSA) is 95.9 Å². The molecule has 1 heterocycles. The van der Waals surface area contributed by atoms with E-state index in [4.69, 9.17) is 9.84 Å². The largest absolute Gasteiger partial charge is 0.481 e. The fourth-order valence-electron chi connectivity index (χ4n) is 4.40. The number of benzene rings is 2. The molecule has 4 rings (SSSR count). The van der Waals surface area contributed by atoms with Crippen LogP contribution >= 0.6 is 0 Å². The minimum absolute atomic E-state index is 0.0241. The average molecular weight is 437 g/mol.